The lowest BCUT2D eigenvalue weighted by molar-refractivity contribution is -0.164. The number of unbranched alkanes of at least 4 members (excludes halogenated alkanes) is 9. The van der Waals surface area contributed by atoms with Crippen LogP contribution in [0.5, 0.6) is 0 Å². The number of hydrogen-bond donors (Lipinski definition) is 1. The average Bonchev–Trinajstić information content (AvgIpc) is 2.92. The van der Waals surface area contributed by atoms with Crippen LogP contribution in [0, 0.1) is 23.2 Å². The monoisotopic (exact) mass is 538 g/mol. The number of esters is 1. The van der Waals surface area contributed by atoms with Gasteiger partial charge in [0.15, 0.2) is 0 Å². The van der Waals surface area contributed by atoms with Gasteiger partial charge >= 0.3 is 11.9 Å². The summed E-state index contributed by atoms with van der Waals surface area (Å²) in [6.45, 7) is 14.1. The van der Waals surface area contributed by atoms with Crippen LogP contribution < -0.4 is 0 Å². The van der Waals surface area contributed by atoms with E-state index in [0.29, 0.717) is 30.8 Å². The van der Waals surface area contributed by atoms with E-state index in [1.165, 1.54) is 64.2 Å². The molecule has 0 radical (unpaired) electrons. The molecule has 0 aliphatic rings. The fraction of sp³-hybridized carbons (Fsp3) is 0.941. The van der Waals surface area contributed by atoms with Gasteiger partial charge in [-0.25, -0.2) is 0 Å². The van der Waals surface area contributed by atoms with Crippen molar-refractivity contribution in [3.63, 3.8) is 0 Å². The third kappa shape index (κ3) is 15.5. The number of carboxylic acid groups (broad SMARTS) is 1. The fourth-order valence-electron chi connectivity index (χ4n) is 6.29. The predicted octanol–water partition coefficient (Wildman–Crippen LogP) is 10.8. The number of carbonyl (C=O) groups is 2. The third-order valence-electron chi connectivity index (χ3n) is 9.19. The van der Waals surface area contributed by atoms with Gasteiger partial charge in [0.05, 0.1) is 12.0 Å². The summed E-state index contributed by atoms with van der Waals surface area (Å²) in [6.07, 6.45) is 22.9. The largest absolute Gasteiger partial charge is 0.481 e. The molecule has 0 aromatic carbocycles. The van der Waals surface area contributed by atoms with Gasteiger partial charge in [-0.05, 0) is 49.9 Å². The van der Waals surface area contributed by atoms with Crippen LogP contribution >= 0.6 is 0 Å². The standard InChI is InChI=1S/C34H66O4/c1-7-13-23-29(9-3)27-34(12-6,33(37)38-28-30(10-4)24-14-8-2)31(11-5)25-21-19-17-15-16-18-20-22-26-32(35)36/h29-31H,7-28H2,1-6H3,(H,35,36). The van der Waals surface area contributed by atoms with Gasteiger partial charge in [-0.1, -0.05) is 138 Å². The number of carbonyl (C=O) groups excluding carboxylic acids is 1. The van der Waals surface area contributed by atoms with Crippen molar-refractivity contribution in [2.45, 2.75) is 176 Å². The zero-order chi connectivity index (χ0) is 28.7. The molecule has 0 saturated heterocycles. The summed E-state index contributed by atoms with van der Waals surface area (Å²) in [5, 5.41) is 8.76. The van der Waals surface area contributed by atoms with Crippen LogP contribution in [0.2, 0.25) is 0 Å². The highest BCUT2D eigenvalue weighted by atomic mass is 16.5. The molecule has 0 spiro atoms. The van der Waals surface area contributed by atoms with Gasteiger partial charge in [0.25, 0.3) is 0 Å². The first-order chi connectivity index (χ1) is 18.3. The normalized spacial score (nSPS) is 15.5. The van der Waals surface area contributed by atoms with Gasteiger partial charge in [0.2, 0.25) is 0 Å². The molecule has 0 heterocycles. The molecule has 4 heteroatoms. The number of rotatable bonds is 27. The van der Waals surface area contributed by atoms with Crippen LogP contribution in [0.4, 0.5) is 0 Å². The second-order valence-corrected chi connectivity index (χ2v) is 12.0. The number of carboxylic acids is 1. The predicted molar refractivity (Wildman–Crippen MR) is 162 cm³/mol. The zero-order valence-electron chi connectivity index (χ0n) is 26.5. The minimum Gasteiger partial charge on any atom is -0.481 e. The van der Waals surface area contributed by atoms with E-state index in [9.17, 15) is 9.59 Å². The lowest BCUT2D eigenvalue weighted by Crippen LogP contribution is -2.42. The van der Waals surface area contributed by atoms with E-state index in [0.717, 1.165) is 64.2 Å². The van der Waals surface area contributed by atoms with E-state index in [-0.39, 0.29) is 11.4 Å². The summed E-state index contributed by atoms with van der Waals surface area (Å²) in [5.41, 5.74) is -0.351. The Hall–Kier alpha value is -1.06. The number of aliphatic carboxylic acids is 1. The molecular weight excluding hydrogens is 472 g/mol. The van der Waals surface area contributed by atoms with Crippen molar-refractivity contribution in [1.29, 1.82) is 0 Å². The molecule has 4 atom stereocenters. The van der Waals surface area contributed by atoms with Crippen LogP contribution in [0.25, 0.3) is 0 Å². The van der Waals surface area contributed by atoms with Crippen molar-refractivity contribution in [2.75, 3.05) is 6.61 Å². The van der Waals surface area contributed by atoms with Gasteiger partial charge < -0.3 is 9.84 Å². The topological polar surface area (TPSA) is 63.6 Å². The first kappa shape index (κ1) is 36.9. The maximum Gasteiger partial charge on any atom is 0.312 e. The number of ether oxygens (including phenoxy) is 1. The Balaban J connectivity index is 5.15. The Bertz CT molecular complexity index is 575. The molecule has 0 aliphatic carbocycles. The summed E-state index contributed by atoms with van der Waals surface area (Å²) in [4.78, 5) is 24.6. The maximum absolute atomic E-state index is 14.0. The Labute approximate surface area is 237 Å². The first-order valence-corrected chi connectivity index (χ1v) is 16.7. The Morgan fingerprint density at radius 3 is 1.66 bits per heavy atom. The second-order valence-electron chi connectivity index (χ2n) is 12.0. The Morgan fingerprint density at radius 2 is 1.18 bits per heavy atom. The molecule has 0 amide bonds. The molecule has 0 aromatic heterocycles. The molecule has 1 N–H and O–H groups in total. The van der Waals surface area contributed by atoms with E-state index in [1.807, 2.05) is 0 Å². The van der Waals surface area contributed by atoms with Crippen molar-refractivity contribution in [3.05, 3.63) is 0 Å². The summed E-state index contributed by atoms with van der Waals surface area (Å²) in [7, 11) is 0. The maximum atomic E-state index is 14.0. The van der Waals surface area contributed by atoms with Crippen molar-refractivity contribution in [1.82, 2.24) is 0 Å². The first-order valence-electron chi connectivity index (χ1n) is 16.7. The highest BCUT2D eigenvalue weighted by Gasteiger charge is 2.45. The summed E-state index contributed by atoms with van der Waals surface area (Å²) in [5.74, 6) is 0.889. The van der Waals surface area contributed by atoms with Crippen molar-refractivity contribution in [2.24, 2.45) is 23.2 Å². The number of hydrogen-bond acceptors (Lipinski definition) is 3. The smallest absolute Gasteiger partial charge is 0.312 e. The molecule has 38 heavy (non-hydrogen) atoms. The van der Waals surface area contributed by atoms with Crippen molar-refractivity contribution < 1.29 is 19.4 Å². The second kappa shape index (κ2) is 23.8. The molecule has 0 rings (SSSR count). The van der Waals surface area contributed by atoms with E-state index in [4.69, 9.17) is 9.84 Å². The van der Waals surface area contributed by atoms with Crippen molar-refractivity contribution >= 4 is 11.9 Å². The minimum atomic E-state index is -0.681. The molecule has 0 fully saturated rings. The van der Waals surface area contributed by atoms with E-state index in [2.05, 4.69) is 41.5 Å². The van der Waals surface area contributed by atoms with E-state index in [1.54, 1.807) is 0 Å². The van der Waals surface area contributed by atoms with Crippen molar-refractivity contribution in [3.8, 4) is 0 Å². The lowest BCUT2D eigenvalue weighted by Gasteiger charge is -2.40. The third-order valence-corrected chi connectivity index (χ3v) is 9.19. The molecule has 0 aromatic rings. The molecule has 0 bridgehead atoms. The SMILES string of the molecule is CCCCC(CC)COC(=O)C(CC)(CC(CC)CCCC)C(CC)CCCCCCCCCCC(=O)O. The van der Waals surface area contributed by atoms with Crippen LogP contribution in [0.15, 0.2) is 0 Å². The van der Waals surface area contributed by atoms with Gasteiger partial charge in [-0.2, -0.15) is 0 Å². The summed E-state index contributed by atoms with van der Waals surface area (Å²) < 4.78 is 6.21. The Morgan fingerprint density at radius 1 is 0.658 bits per heavy atom. The van der Waals surface area contributed by atoms with Gasteiger partial charge in [0.1, 0.15) is 0 Å². The molecule has 0 aliphatic heterocycles. The molecular formula is C34H66O4. The van der Waals surface area contributed by atoms with Crippen LogP contribution in [-0.4, -0.2) is 23.7 Å². The zero-order valence-corrected chi connectivity index (χ0v) is 26.5. The highest BCUT2D eigenvalue weighted by Crippen LogP contribution is 2.45. The van der Waals surface area contributed by atoms with Gasteiger partial charge in [-0.3, -0.25) is 9.59 Å². The molecule has 4 unspecified atom stereocenters. The van der Waals surface area contributed by atoms with E-state index >= 15 is 0 Å². The van der Waals surface area contributed by atoms with Crippen LogP contribution in [0.1, 0.15) is 176 Å². The highest BCUT2D eigenvalue weighted by molar-refractivity contribution is 5.77. The Kier molecular flexibility index (Phi) is 23.1. The lowest BCUT2D eigenvalue weighted by atomic mass is 9.64. The summed E-state index contributed by atoms with van der Waals surface area (Å²) >= 11 is 0. The van der Waals surface area contributed by atoms with E-state index < -0.39 is 5.97 Å². The van der Waals surface area contributed by atoms with Gasteiger partial charge in [0, 0.05) is 6.42 Å². The van der Waals surface area contributed by atoms with Crippen LogP contribution in [-0.2, 0) is 14.3 Å². The molecule has 4 nitrogen and oxygen atoms in total. The quantitative estimate of drug-likeness (QED) is 0.0834. The molecule has 226 valence electrons. The minimum absolute atomic E-state index is 0.0955. The van der Waals surface area contributed by atoms with Crippen LogP contribution in [0.3, 0.4) is 0 Å². The summed E-state index contributed by atoms with van der Waals surface area (Å²) in [6, 6.07) is 0. The molecule has 0 saturated carbocycles. The fourth-order valence-corrected chi connectivity index (χ4v) is 6.29. The average molecular weight is 539 g/mol. The van der Waals surface area contributed by atoms with Gasteiger partial charge in [-0.15, -0.1) is 0 Å².